The molecule has 0 aromatic heterocycles. The second kappa shape index (κ2) is 11.3. The third-order valence-corrected chi connectivity index (χ3v) is 1.84. The van der Waals surface area contributed by atoms with Gasteiger partial charge in [-0.2, -0.15) is 0 Å². The molecule has 0 aliphatic heterocycles. The van der Waals surface area contributed by atoms with Gasteiger partial charge in [0.2, 0.25) is 0 Å². The summed E-state index contributed by atoms with van der Waals surface area (Å²) in [6, 6.07) is 0. The fourth-order valence-electron chi connectivity index (χ4n) is 1.11. The molecule has 1 atom stereocenters. The molecule has 4 heteroatoms. The Kier molecular flexibility index (Phi) is 13.5. The van der Waals surface area contributed by atoms with Crippen LogP contribution in [0.5, 0.6) is 0 Å². The van der Waals surface area contributed by atoms with Gasteiger partial charge < -0.3 is 11.5 Å². The van der Waals surface area contributed by atoms with Gasteiger partial charge in [-0.3, -0.25) is 0 Å². The number of carbonyl (C=O) groups excluding carboxylic acids is 1. The molecule has 1 N–H and O–H groups in total. The van der Waals surface area contributed by atoms with Crippen LogP contribution in [0, 0.1) is 0 Å². The predicted octanol–water partition coefficient (Wildman–Crippen LogP) is -0.182. The predicted molar refractivity (Wildman–Crippen MR) is 54.9 cm³/mol. The zero-order valence-electron chi connectivity index (χ0n) is 10.9. The van der Waals surface area contributed by atoms with Crippen molar-refractivity contribution in [1.82, 2.24) is 5.32 Å². The van der Waals surface area contributed by atoms with Crippen molar-refractivity contribution in [2.45, 2.75) is 52.6 Å². The Bertz CT molecular complexity index is 147. The number of alkyl carbamates (subject to hydrolysis) is 1. The summed E-state index contributed by atoms with van der Waals surface area (Å²) in [6.45, 7) is 6.60. The van der Waals surface area contributed by atoms with Gasteiger partial charge in [-0.05, 0) is 26.7 Å². The van der Waals surface area contributed by atoms with Crippen LogP contribution in [0.1, 0.15) is 47.9 Å². The quantitative estimate of drug-likeness (QED) is 0.489. The van der Waals surface area contributed by atoms with E-state index in [9.17, 15) is 4.79 Å². The molecule has 0 saturated heterocycles. The number of amides is 1. The van der Waals surface area contributed by atoms with Crippen LogP contribution >= 0.6 is 0 Å². The zero-order chi connectivity index (χ0) is 10.1. The summed E-state index contributed by atoms with van der Waals surface area (Å²) >= 11 is 0. The van der Waals surface area contributed by atoms with Crippen molar-refractivity contribution < 1.29 is 40.5 Å². The second-order valence-corrected chi connectivity index (χ2v) is 3.24. The third kappa shape index (κ3) is 10.4. The molecular formula is C10H22NNaO2. The number of rotatable bonds is 6. The summed E-state index contributed by atoms with van der Waals surface area (Å²) in [7, 11) is 0. The van der Waals surface area contributed by atoms with E-state index < -0.39 is 0 Å². The summed E-state index contributed by atoms with van der Waals surface area (Å²) in [4.78, 5) is 11.0. The van der Waals surface area contributed by atoms with E-state index >= 15 is 0 Å². The Morgan fingerprint density at radius 2 is 2.07 bits per heavy atom. The Morgan fingerprint density at radius 1 is 1.43 bits per heavy atom. The van der Waals surface area contributed by atoms with E-state index in [1.54, 1.807) is 0 Å². The van der Waals surface area contributed by atoms with Gasteiger partial charge in [0, 0.05) is 6.54 Å². The van der Waals surface area contributed by atoms with Gasteiger partial charge in [0.25, 0.3) is 0 Å². The first-order chi connectivity index (χ1) is 6.20. The van der Waals surface area contributed by atoms with Crippen LogP contribution in [0.25, 0.3) is 0 Å². The summed E-state index contributed by atoms with van der Waals surface area (Å²) in [5, 5.41) is 2.61. The minimum absolute atomic E-state index is 0. The van der Waals surface area contributed by atoms with Crippen LogP contribution in [-0.4, -0.2) is 18.7 Å². The molecule has 0 aliphatic carbocycles. The molecule has 3 nitrogen and oxygen atoms in total. The first kappa shape index (κ1) is 16.7. The van der Waals surface area contributed by atoms with Crippen LogP contribution < -0.4 is 34.9 Å². The molecule has 1 unspecified atom stereocenters. The van der Waals surface area contributed by atoms with Gasteiger partial charge >= 0.3 is 35.7 Å². The molecule has 0 aliphatic rings. The van der Waals surface area contributed by atoms with E-state index in [0.717, 1.165) is 12.8 Å². The molecule has 0 saturated carbocycles. The summed E-state index contributed by atoms with van der Waals surface area (Å²) in [5.74, 6) is 0. The number of unbranched alkanes of at least 4 members (excludes halogenated alkanes) is 2. The first-order valence-electron chi connectivity index (χ1n) is 5.15. The summed E-state index contributed by atoms with van der Waals surface area (Å²) < 4.78 is 5.09. The summed E-state index contributed by atoms with van der Waals surface area (Å²) in [5.41, 5.74) is 0. The minimum atomic E-state index is -0.300. The van der Waals surface area contributed by atoms with Gasteiger partial charge in [-0.25, -0.2) is 4.79 Å². The van der Waals surface area contributed by atoms with Gasteiger partial charge in [0.05, 0.1) is 0 Å². The van der Waals surface area contributed by atoms with E-state index in [-0.39, 0.29) is 43.2 Å². The molecule has 1 amide bonds. The van der Waals surface area contributed by atoms with Crippen molar-refractivity contribution in [3.63, 3.8) is 0 Å². The molecule has 0 aromatic rings. The van der Waals surface area contributed by atoms with Crippen LogP contribution in [0.2, 0.25) is 0 Å². The van der Waals surface area contributed by atoms with Crippen LogP contribution in [0.15, 0.2) is 0 Å². The summed E-state index contributed by atoms with van der Waals surface area (Å²) in [6.07, 6.45) is 4.25. The van der Waals surface area contributed by atoms with E-state index in [1.807, 2.05) is 13.8 Å². The molecule has 0 bridgehead atoms. The van der Waals surface area contributed by atoms with Crippen LogP contribution in [0.4, 0.5) is 4.79 Å². The zero-order valence-corrected chi connectivity index (χ0v) is 11.9. The molecule has 0 aromatic carbocycles. The number of carbonyl (C=O) groups is 1. The fraction of sp³-hybridized carbons (Fsp3) is 0.900. The molecule has 0 radical (unpaired) electrons. The average Bonchev–Trinajstić information content (AvgIpc) is 2.05. The van der Waals surface area contributed by atoms with Gasteiger partial charge in [-0.15, -0.1) is 0 Å². The molecule has 80 valence electrons. The Morgan fingerprint density at radius 3 is 2.57 bits per heavy atom. The van der Waals surface area contributed by atoms with Gasteiger partial charge in [-0.1, -0.05) is 19.8 Å². The molecule has 14 heavy (non-hydrogen) atoms. The minimum Gasteiger partial charge on any atom is -1.00 e. The monoisotopic (exact) mass is 211 g/mol. The van der Waals surface area contributed by atoms with Crippen LogP contribution in [-0.2, 0) is 4.74 Å². The standard InChI is InChI=1S/C10H21NO2.Na.H/c1-4-6-7-8-9(3)13-10(12)11-5-2;;/h9H,4-8H2,1-3H3,(H,11,12);;/q;+1;-1. The molecule has 0 heterocycles. The van der Waals surface area contributed by atoms with Crippen molar-refractivity contribution in [3.8, 4) is 0 Å². The molecular weight excluding hydrogens is 189 g/mol. The van der Waals surface area contributed by atoms with Crippen LogP contribution in [0.3, 0.4) is 0 Å². The van der Waals surface area contributed by atoms with Crippen molar-refractivity contribution in [2.75, 3.05) is 6.54 Å². The maximum absolute atomic E-state index is 11.0. The Hall–Kier alpha value is 0.270. The maximum Gasteiger partial charge on any atom is 1.00 e. The largest absolute Gasteiger partial charge is 1.00 e. The van der Waals surface area contributed by atoms with E-state index in [2.05, 4.69) is 12.2 Å². The first-order valence-corrected chi connectivity index (χ1v) is 5.15. The number of ether oxygens (including phenoxy) is 1. The van der Waals surface area contributed by atoms with Gasteiger partial charge in [0.15, 0.2) is 0 Å². The maximum atomic E-state index is 11.0. The van der Waals surface area contributed by atoms with Crippen molar-refractivity contribution >= 4 is 6.09 Å². The van der Waals surface area contributed by atoms with E-state index in [4.69, 9.17) is 4.74 Å². The SMILES string of the molecule is CCCCCC(C)OC(=O)NCC.[H-].[Na+]. The van der Waals surface area contributed by atoms with E-state index in [0.29, 0.717) is 6.54 Å². The van der Waals surface area contributed by atoms with Crippen molar-refractivity contribution in [2.24, 2.45) is 0 Å². The van der Waals surface area contributed by atoms with E-state index in [1.165, 1.54) is 12.8 Å². The van der Waals surface area contributed by atoms with Crippen molar-refractivity contribution in [1.29, 1.82) is 0 Å². The molecule has 0 rings (SSSR count). The number of hydrogen-bond acceptors (Lipinski definition) is 2. The third-order valence-electron chi connectivity index (χ3n) is 1.84. The van der Waals surface area contributed by atoms with Gasteiger partial charge in [0.1, 0.15) is 6.10 Å². The normalized spacial score (nSPS) is 11.4. The smallest absolute Gasteiger partial charge is 1.00 e. The topological polar surface area (TPSA) is 38.3 Å². The Balaban J connectivity index is -0.000000720. The molecule has 0 fully saturated rings. The Labute approximate surface area is 111 Å². The average molecular weight is 211 g/mol. The van der Waals surface area contributed by atoms with Crippen molar-refractivity contribution in [3.05, 3.63) is 0 Å². The number of nitrogens with one attached hydrogen (secondary N) is 1. The number of hydrogen-bond donors (Lipinski definition) is 1. The second-order valence-electron chi connectivity index (χ2n) is 3.24. The fourth-order valence-corrected chi connectivity index (χ4v) is 1.11. The molecule has 0 spiro atoms.